The second kappa shape index (κ2) is 11.6. The first-order valence-corrected chi connectivity index (χ1v) is 10.1. The lowest BCUT2D eigenvalue weighted by Gasteiger charge is -2.19. The summed E-state index contributed by atoms with van der Waals surface area (Å²) in [6, 6.07) is 8.54. The van der Waals surface area contributed by atoms with Gasteiger partial charge in [0.05, 0.1) is 13.2 Å². The Labute approximate surface area is 163 Å². The minimum absolute atomic E-state index is 0.224. The van der Waals surface area contributed by atoms with Gasteiger partial charge in [0.15, 0.2) is 5.96 Å². The number of likely N-dealkylation sites (tertiary alicyclic amines) is 1. The smallest absolute Gasteiger partial charge is 0.222 e. The highest BCUT2D eigenvalue weighted by Crippen LogP contribution is 2.13. The fourth-order valence-electron chi connectivity index (χ4n) is 3.18. The number of carbonyl (C=O) groups is 1. The lowest BCUT2D eigenvalue weighted by Crippen LogP contribution is -2.45. The number of amides is 1. The lowest BCUT2D eigenvalue weighted by atomic mass is 10.1. The number of rotatable bonds is 9. The Hall–Kier alpha value is -2.08. The van der Waals surface area contributed by atoms with Crippen molar-refractivity contribution in [1.29, 1.82) is 0 Å². The molecule has 2 rings (SSSR count). The Balaban J connectivity index is 1.96. The van der Waals surface area contributed by atoms with Gasteiger partial charge in [-0.05, 0) is 30.9 Å². The molecule has 2 N–H and O–H groups in total. The molecule has 27 heavy (non-hydrogen) atoms. The van der Waals surface area contributed by atoms with E-state index in [1.165, 1.54) is 11.1 Å². The third-order valence-electron chi connectivity index (χ3n) is 4.66. The van der Waals surface area contributed by atoms with Crippen molar-refractivity contribution < 1.29 is 9.53 Å². The van der Waals surface area contributed by atoms with Gasteiger partial charge in [-0.1, -0.05) is 38.1 Å². The molecular weight excluding hydrogens is 340 g/mol. The Morgan fingerprint density at radius 1 is 1.26 bits per heavy atom. The van der Waals surface area contributed by atoms with Gasteiger partial charge in [0.2, 0.25) is 5.91 Å². The zero-order chi connectivity index (χ0) is 19.5. The number of nitrogens with zero attached hydrogens (tertiary/aromatic N) is 2. The minimum atomic E-state index is 0.224. The molecule has 0 radical (unpaired) electrons. The maximum absolute atomic E-state index is 11.9. The van der Waals surface area contributed by atoms with Gasteiger partial charge in [-0.3, -0.25) is 4.79 Å². The van der Waals surface area contributed by atoms with Crippen molar-refractivity contribution in [3.63, 3.8) is 0 Å². The molecule has 6 heteroatoms. The Bertz CT molecular complexity index is 618. The zero-order valence-corrected chi connectivity index (χ0v) is 17.0. The van der Waals surface area contributed by atoms with Gasteiger partial charge in [-0.25, -0.2) is 4.99 Å². The topological polar surface area (TPSA) is 66.0 Å². The Morgan fingerprint density at radius 2 is 2.04 bits per heavy atom. The molecule has 0 bridgehead atoms. The van der Waals surface area contributed by atoms with Crippen LogP contribution in [0.15, 0.2) is 29.3 Å². The maximum Gasteiger partial charge on any atom is 0.222 e. The summed E-state index contributed by atoms with van der Waals surface area (Å²) in [6.07, 6.45) is 2.54. The normalized spacial score (nSPS) is 17.2. The van der Waals surface area contributed by atoms with Crippen LogP contribution >= 0.6 is 0 Å². The average Bonchev–Trinajstić information content (AvgIpc) is 3.15. The van der Waals surface area contributed by atoms with Crippen LogP contribution in [0.3, 0.4) is 0 Å². The van der Waals surface area contributed by atoms with E-state index in [1.807, 2.05) is 24.0 Å². The fourth-order valence-corrected chi connectivity index (χ4v) is 3.18. The average molecular weight is 375 g/mol. The summed E-state index contributed by atoms with van der Waals surface area (Å²) in [5, 5.41) is 6.80. The summed E-state index contributed by atoms with van der Waals surface area (Å²) in [4.78, 5) is 18.6. The van der Waals surface area contributed by atoms with Crippen LogP contribution in [0.1, 0.15) is 51.2 Å². The van der Waals surface area contributed by atoms with Crippen LogP contribution in [0, 0.1) is 0 Å². The van der Waals surface area contributed by atoms with E-state index < -0.39 is 0 Å². The second-order valence-corrected chi connectivity index (χ2v) is 6.84. The number of carbonyl (C=O) groups excluding carboxylic acids is 1. The van der Waals surface area contributed by atoms with Gasteiger partial charge in [-0.15, -0.1) is 0 Å². The quantitative estimate of drug-likeness (QED) is 0.396. The van der Waals surface area contributed by atoms with E-state index in [0.717, 1.165) is 45.0 Å². The van der Waals surface area contributed by atoms with Gasteiger partial charge >= 0.3 is 0 Å². The van der Waals surface area contributed by atoms with E-state index in [-0.39, 0.29) is 11.9 Å². The van der Waals surface area contributed by atoms with Crippen LogP contribution in [0.5, 0.6) is 0 Å². The minimum Gasteiger partial charge on any atom is -0.377 e. The second-order valence-electron chi connectivity index (χ2n) is 6.84. The highest BCUT2D eigenvalue weighted by Gasteiger charge is 2.25. The number of ether oxygens (including phenoxy) is 1. The molecule has 0 saturated carbocycles. The van der Waals surface area contributed by atoms with E-state index >= 15 is 0 Å². The van der Waals surface area contributed by atoms with Crippen molar-refractivity contribution in [2.75, 3.05) is 26.2 Å². The van der Waals surface area contributed by atoms with E-state index in [0.29, 0.717) is 19.6 Å². The lowest BCUT2D eigenvalue weighted by molar-refractivity contribution is -0.129. The summed E-state index contributed by atoms with van der Waals surface area (Å²) in [7, 11) is 0. The predicted molar refractivity (Wildman–Crippen MR) is 110 cm³/mol. The van der Waals surface area contributed by atoms with Gasteiger partial charge in [-0.2, -0.15) is 0 Å². The van der Waals surface area contributed by atoms with Crippen LogP contribution in [-0.2, 0) is 22.7 Å². The first kappa shape index (κ1) is 21.2. The summed E-state index contributed by atoms with van der Waals surface area (Å²) in [5.41, 5.74) is 2.37. The molecule has 150 valence electrons. The number of guanidine groups is 1. The molecule has 1 amide bonds. The molecular formula is C21H34N4O2. The monoisotopic (exact) mass is 374 g/mol. The molecule has 6 nitrogen and oxygen atoms in total. The molecule has 1 atom stereocenters. The zero-order valence-electron chi connectivity index (χ0n) is 17.0. The van der Waals surface area contributed by atoms with Crippen molar-refractivity contribution in [1.82, 2.24) is 15.5 Å². The molecule has 0 spiro atoms. The molecule has 1 saturated heterocycles. The van der Waals surface area contributed by atoms with Gasteiger partial charge in [0, 0.05) is 38.7 Å². The van der Waals surface area contributed by atoms with E-state index in [2.05, 4.69) is 36.6 Å². The van der Waals surface area contributed by atoms with Gasteiger partial charge in [0.25, 0.3) is 0 Å². The van der Waals surface area contributed by atoms with Crippen LogP contribution in [0.25, 0.3) is 0 Å². The fraction of sp³-hybridized carbons (Fsp3) is 0.619. The number of benzene rings is 1. The standard InChI is InChI=1S/C21H34N4O2/c1-4-13-27-16-18-10-8-7-9-17(18)14-23-21(22-6-3)24-19-11-12-25(15-19)20(26)5-2/h7-10,19H,4-6,11-16H2,1-3H3,(H2,22,23,24). The van der Waals surface area contributed by atoms with Crippen LogP contribution in [-0.4, -0.2) is 49.0 Å². The summed E-state index contributed by atoms with van der Waals surface area (Å²) < 4.78 is 5.70. The molecule has 1 fully saturated rings. The Morgan fingerprint density at radius 3 is 2.74 bits per heavy atom. The van der Waals surface area contributed by atoms with Crippen molar-refractivity contribution >= 4 is 11.9 Å². The largest absolute Gasteiger partial charge is 0.377 e. The first-order valence-electron chi connectivity index (χ1n) is 10.1. The van der Waals surface area contributed by atoms with Gasteiger partial charge < -0.3 is 20.3 Å². The van der Waals surface area contributed by atoms with Crippen LogP contribution in [0.4, 0.5) is 0 Å². The Kier molecular flexibility index (Phi) is 9.11. The number of nitrogens with one attached hydrogen (secondary N) is 2. The molecule has 0 aromatic heterocycles. The number of hydrogen-bond acceptors (Lipinski definition) is 3. The molecule has 1 aromatic carbocycles. The highest BCUT2D eigenvalue weighted by atomic mass is 16.5. The van der Waals surface area contributed by atoms with Crippen LogP contribution in [0.2, 0.25) is 0 Å². The molecule has 1 unspecified atom stereocenters. The SMILES string of the molecule is CCCOCc1ccccc1CN=C(NCC)NC1CCN(C(=O)CC)C1. The summed E-state index contributed by atoms with van der Waals surface area (Å²) in [5.74, 6) is 1.03. The van der Waals surface area contributed by atoms with Crippen LogP contribution < -0.4 is 10.6 Å². The van der Waals surface area contributed by atoms with E-state index in [1.54, 1.807) is 0 Å². The highest BCUT2D eigenvalue weighted by molar-refractivity contribution is 5.80. The van der Waals surface area contributed by atoms with Crippen molar-refractivity contribution in [2.24, 2.45) is 4.99 Å². The molecule has 1 aromatic rings. The summed E-state index contributed by atoms with van der Waals surface area (Å²) >= 11 is 0. The molecule has 1 aliphatic heterocycles. The molecule has 0 aliphatic carbocycles. The van der Waals surface area contributed by atoms with E-state index in [4.69, 9.17) is 9.73 Å². The van der Waals surface area contributed by atoms with Gasteiger partial charge in [0.1, 0.15) is 0 Å². The first-order chi connectivity index (χ1) is 13.2. The third kappa shape index (κ3) is 6.86. The third-order valence-corrected chi connectivity index (χ3v) is 4.66. The number of aliphatic imine (C=N–C) groups is 1. The number of hydrogen-bond donors (Lipinski definition) is 2. The van der Waals surface area contributed by atoms with E-state index in [9.17, 15) is 4.79 Å². The predicted octanol–water partition coefficient (Wildman–Crippen LogP) is 2.68. The maximum atomic E-state index is 11.9. The molecule has 1 aliphatic rings. The van der Waals surface area contributed by atoms with Crippen molar-refractivity contribution in [2.45, 2.75) is 59.2 Å². The van der Waals surface area contributed by atoms with Crippen molar-refractivity contribution in [3.8, 4) is 0 Å². The molecule has 1 heterocycles. The summed E-state index contributed by atoms with van der Waals surface area (Å²) in [6.45, 7) is 10.5. The van der Waals surface area contributed by atoms with Crippen molar-refractivity contribution in [3.05, 3.63) is 35.4 Å².